The number of aryl methyl sites for hydroxylation is 2. The third kappa shape index (κ3) is 4.35. The maximum atomic E-state index is 13.4. The molecule has 13 heteroatoms. The third-order valence-electron chi connectivity index (χ3n) is 5.34. The summed E-state index contributed by atoms with van der Waals surface area (Å²) in [6.07, 6.45) is 3.00. The normalized spacial score (nSPS) is 11.3. The number of hydrogen-bond acceptors (Lipinski definition) is 9. The number of carbonyl (C=O) groups is 1. The minimum atomic E-state index is -2.78. The van der Waals surface area contributed by atoms with E-state index in [0.29, 0.717) is 39.0 Å². The topological polar surface area (TPSA) is 121 Å². The summed E-state index contributed by atoms with van der Waals surface area (Å²) in [5.74, 6) is 0.345. The molecule has 182 valence electrons. The molecule has 0 aliphatic carbocycles. The number of hydrogen-bond donors (Lipinski definition) is 1. The smallest absolute Gasteiger partial charge is 0.280 e. The second-order valence-electron chi connectivity index (χ2n) is 7.76. The molecule has 0 saturated heterocycles. The fourth-order valence-corrected chi connectivity index (χ4v) is 4.47. The number of methoxy groups -OCH3 is 1. The maximum Gasteiger partial charge on any atom is 0.280 e. The van der Waals surface area contributed by atoms with Gasteiger partial charge >= 0.3 is 0 Å². The highest BCUT2D eigenvalue weighted by Gasteiger charge is 2.21. The average Bonchev–Trinajstić information content (AvgIpc) is 3.48. The highest BCUT2D eigenvalue weighted by Crippen LogP contribution is 2.35. The molecular weight excluding hydrogens is 490 g/mol. The second-order valence-corrected chi connectivity index (χ2v) is 8.79. The minimum Gasteiger partial charge on any atom is -0.494 e. The van der Waals surface area contributed by atoms with E-state index in [-0.39, 0.29) is 11.3 Å². The van der Waals surface area contributed by atoms with Gasteiger partial charge in [0.2, 0.25) is 0 Å². The van der Waals surface area contributed by atoms with Gasteiger partial charge in [0.15, 0.2) is 11.0 Å². The van der Waals surface area contributed by atoms with Crippen LogP contribution in [0.4, 0.5) is 13.9 Å². The lowest BCUT2D eigenvalue weighted by molar-refractivity contribution is 0.102. The van der Waals surface area contributed by atoms with E-state index in [1.165, 1.54) is 36.9 Å². The van der Waals surface area contributed by atoms with Crippen LogP contribution in [0.1, 0.15) is 28.2 Å². The van der Waals surface area contributed by atoms with Crippen molar-refractivity contribution >= 4 is 32.6 Å². The van der Waals surface area contributed by atoms with E-state index in [1.807, 2.05) is 13.1 Å². The molecule has 0 radical (unpaired) electrons. The molecule has 1 amide bonds. The number of nitrogens with zero attached hydrogens (tertiary/aromatic N) is 7. The lowest BCUT2D eigenvalue weighted by Gasteiger charge is -2.14. The van der Waals surface area contributed by atoms with E-state index in [9.17, 15) is 13.6 Å². The van der Waals surface area contributed by atoms with Gasteiger partial charge in [-0.3, -0.25) is 25.1 Å². The van der Waals surface area contributed by atoms with E-state index < -0.39 is 18.0 Å². The number of ether oxygens (including phenoxy) is 1. The van der Waals surface area contributed by atoms with Crippen LogP contribution in [0.3, 0.4) is 0 Å². The molecule has 0 aromatic carbocycles. The summed E-state index contributed by atoms with van der Waals surface area (Å²) in [6, 6.07) is 4.67. The molecule has 1 N–H and O–H groups in total. The van der Waals surface area contributed by atoms with Gasteiger partial charge in [0.25, 0.3) is 12.3 Å². The third-order valence-corrected chi connectivity index (χ3v) is 6.28. The molecule has 0 unspecified atom stereocenters. The Morgan fingerprint density at radius 3 is 2.67 bits per heavy atom. The molecule has 0 saturated carbocycles. The molecule has 0 atom stereocenters. The zero-order chi connectivity index (χ0) is 25.4. The number of nitrogens with one attached hydrogen (secondary N) is 1. The fraction of sp³-hybridized carbons (Fsp3) is 0.174. The fourth-order valence-electron chi connectivity index (χ4n) is 3.60. The molecule has 5 aromatic rings. The van der Waals surface area contributed by atoms with Crippen LogP contribution in [0.15, 0.2) is 43.1 Å². The molecule has 0 aliphatic rings. The number of rotatable bonds is 6. The maximum absolute atomic E-state index is 13.4. The quantitative estimate of drug-likeness (QED) is 0.357. The van der Waals surface area contributed by atoms with Crippen LogP contribution in [-0.2, 0) is 7.05 Å². The van der Waals surface area contributed by atoms with Gasteiger partial charge in [0, 0.05) is 30.1 Å². The molecule has 0 aliphatic heterocycles. The van der Waals surface area contributed by atoms with Gasteiger partial charge in [0.1, 0.15) is 29.0 Å². The number of fused-ring (bicyclic) bond motifs is 1. The monoisotopic (exact) mass is 508 g/mol. The van der Waals surface area contributed by atoms with Crippen molar-refractivity contribution in [3.8, 4) is 28.4 Å². The number of thiazole rings is 1. The van der Waals surface area contributed by atoms with Crippen molar-refractivity contribution in [2.75, 3.05) is 12.4 Å². The Bertz CT molecular complexity index is 1600. The molecule has 5 rings (SSSR count). The Morgan fingerprint density at radius 2 is 1.94 bits per heavy atom. The number of anilines is 1. The molecule has 5 aromatic heterocycles. The van der Waals surface area contributed by atoms with Crippen molar-refractivity contribution in [2.24, 2.45) is 7.05 Å². The predicted molar refractivity (Wildman–Crippen MR) is 129 cm³/mol. The van der Waals surface area contributed by atoms with E-state index in [2.05, 4.69) is 35.5 Å². The Hall–Kier alpha value is -4.39. The number of pyridine rings is 3. The van der Waals surface area contributed by atoms with Crippen molar-refractivity contribution in [1.82, 2.24) is 34.7 Å². The number of halogens is 2. The molecular formula is C23H18F2N8O2S. The van der Waals surface area contributed by atoms with Crippen molar-refractivity contribution in [2.45, 2.75) is 13.3 Å². The Balaban J connectivity index is 1.50. The van der Waals surface area contributed by atoms with E-state index >= 15 is 0 Å². The van der Waals surface area contributed by atoms with Crippen molar-refractivity contribution in [3.63, 3.8) is 0 Å². The molecule has 0 bridgehead atoms. The summed E-state index contributed by atoms with van der Waals surface area (Å²) in [5.41, 5.74) is 2.25. The van der Waals surface area contributed by atoms with E-state index in [1.54, 1.807) is 30.1 Å². The van der Waals surface area contributed by atoms with Crippen LogP contribution in [0, 0.1) is 6.92 Å². The first-order chi connectivity index (χ1) is 17.3. The first-order valence-electron chi connectivity index (χ1n) is 10.6. The van der Waals surface area contributed by atoms with Gasteiger partial charge in [-0.05, 0) is 25.1 Å². The summed E-state index contributed by atoms with van der Waals surface area (Å²) < 4.78 is 34.6. The summed E-state index contributed by atoms with van der Waals surface area (Å²) in [5, 5.41) is 11.0. The summed E-state index contributed by atoms with van der Waals surface area (Å²) in [7, 11) is 3.22. The summed E-state index contributed by atoms with van der Waals surface area (Å²) >= 11 is 1.26. The lowest BCUT2D eigenvalue weighted by Crippen LogP contribution is -2.14. The number of carbonyl (C=O) groups excluding carboxylic acids is 1. The second kappa shape index (κ2) is 9.34. The van der Waals surface area contributed by atoms with Crippen LogP contribution >= 0.6 is 11.3 Å². The highest BCUT2D eigenvalue weighted by atomic mass is 32.1. The number of amides is 1. The van der Waals surface area contributed by atoms with Crippen LogP contribution in [0.2, 0.25) is 0 Å². The zero-order valence-corrected chi connectivity index (χ0v) is 20.0. The molecule has 5 heterocycles. The standard InChI is InChI=1S/C23H18F2N8O2S/c1-11-4-12(13-5-15(20(24)25)28-9-18(13)35-3)14(7-26-11)22(34)31-23-30-17-8-27-16(6-19(17)36-23)21-32-29-10-33(21)2/h4-10,20H,1-3H3,(H,30,31,34). The van der Waals surface area contributed by atoms with Crippen molar-refractivity contribution in [3.05, 3.63) is 60.1 Å². The van der Waals surface area contributed by atoms with Gasteiger partial charge in [-0.25, -0.2) is 13.8 Å². The SMILES string of the molecule is COc1cnc(C(F)F)cc1-c1cc(C)ncc1C(=O)Nc1nc2cnc(-c3nncn3C)cc2s1. The first-order valence-corrected chi connectivity index (χ1v) is 11.4. The summed E-state index contributed by atoms with van der Waals surface area (Å²) in [4.78, 5) is 30.1. The summed E-state index contributed by atoms with van der Waals surface area (Å²) in [6.45, 7) is 1.74. The van der Waals surface area contributed by atoms with E-state index in [4.69, 9.17) is 4.74 Å². The van der Waals surface area contributed by atoms with Crippen LogP contribution < -0.4 is 10.1 Å². The van der Waals surface area contributed by atoms with Gasteiger partial charge < -0.3 is 9.30 Å². The number of alkyl halides is 2. The Morgan fingerprint density at radius 1 is 1.11 bits per heavy atom. The van der Waals surface area contributed by atoms with Gasteiger partial charge in [-0.1, -0.05) is 11.3 Å². The van der Waals surface area contributed by atoms with Gasteiger partial charge in [-0.15, -0.1) is 10.2 Å². The molecule has 0 fully saturated rings. The highest BCUT2D eigenvalue weighted by molar-refractivity contribution is 7.22. The molecule has 36 heavy (non-hydrogen) atoms. The number of aromatic nitrogens is 7. The van der Waals surface area contributed by atoms with Crippen molar-refractivity contribution in [1.29, 1.82) is 0 Å². The van der Waals surface area contributed by atoms with Crippen LogP contribution in [-0.4, -0.2) is 47.7 Å². The lowest BCUT2D eigenvalue weighted by atomic mass is 9.99. The average molecular weight is 509 g/mol. The Labute approximate surface area is 207 Å². The van der Waals surface area contributed by atoms with Crippen LogP contribution in [0.25, 0.3) is 32.9 Å². The molecule has 0 spiro atoms. The largest absolute Gasteiger partial charge is 0.494 e. The molecule has 10 nitrogen and oxygen atoms in total. The van der Waals surface area contributed by atoms with E-state index in [0.717, 1.165) is 4.70 Å². The predicted octanol–water partition coefficient (Wildman–Crippen LogP) is 4.45. The van der Waals surface area contributed by atoms with Gasteiger partial charge in [-0.2, -0.15) is 0 Å². The van der Waals surface area contributed by atoms with Crippen molar-refractivity contribution < 1.29 is 18.3 Å². The Kier molecular flexibility index (Phi) is 6.06. The van der Waals surface area contributed by atoms with Crippen LogP contribution in [0.5, 0.6) is 5.75 Å². The first kappa shape index (κ1) is 23.4. The minimum absolute atomic E-state index is 0.169. The zero-order valence-electron chi connectivity index (χ0n) is 19.2. The van der Waals surface area contributed by atoms with Gasteiger partial charge in [0.05, 0.1) is 29.8 Å².